The summed E-state index contributed by atoms with van der Waals surface area (Å²) >= 11 is 0. The van der Waals surface area contributed by atoms with Crippen molar-refractivity contribution in [2.24, 2.45) is 0 Å². The van der Waals surface area contributed by atoms with Gasteiger partial charge in [-0.1, -0.05) is 19.9 Å². The summed E-state index contributed by atoms with van der Waals surface area (Å²) in [4.78, 5) is 0. The second kappa shape index (κ2) is 5.81. The average Bonchev–Trinajstić information content (AvgIpc) is 2.24. The van der Waals surface area contributed by atoms with Crippen LogP contribution in [0.4, 0.5) is 8.78 Å². The Morgan fingerprint density at radius 2 is 1.80 bits per heavy atom. The van der Waals surface area contributed by atoms with Gasteiger partial charge in [-0.3, -0.25) is 0 Å². The smallest absolute Gasteiger partial charge is 0.159 e. The molecule has 0 aliphatic heterocycles. The van der Waals surface area contributed by atoms with Crippen LogP contribution in [0.3, 0.4) is 0 Å². The van der Waals surface area contributed by atoms with Crippen LogP contribution in [0.15, 0.2) is 18.2 Å². The van der Waals surface area contributed by atoms with Gasteiger partial charge in [0.05, 0.1) is 0 Å². The van der Waals surface area contributed by atoms with Gasteiger partial charge in [0.25, 0.3) is 0 Å². The number of hydrogen-bond donors (Lipinski definition) is 1. The average molecular weight is 213 g/mol. The second-order valence-corrected chi connectivity index (χ2v) is 3.64. The lowest BCUT2D eigenvalue weighted by molar-refractivity contribution is 0.478. The molecule has 0 heterocycles. The van der Waals surface area contributed by atoms with E-state index in [1.54, 1.807) is 6.07 Å². The summed E-state index contributed by atoms with van der Waals surface area (Å²) in [5.41, 5.74) is 0.779. The fraction of sp³-hybridized carbons (Fsp3) is 0.500. The molecule has 0 unspecified atom stereocenters. The molecule has 1 N–H and O–H groups in total. The molecule has 0 aliphatic rings. The topological polar surface area (TPSA) is 12.0 Å². The van der Waals surface area contributed by atoms with Crippen LogP contribution < -0.4 is 5.32 Å². The van der Waals surface area contributed by atoms with Gasteiger partial charge in [-0.15, -0.1) is 0 Å². The number of rotatable bonds is 5. The van der Waals surface area contributed by atoms with Gasteiger partial charge in [0.15, 0.2) is 11.6 Å². The first-order valence-electron chi connectivity index (χ1n) is 5.34. The zero-order chi connectivity index (χ0) is 11.3. The van der Waals surface area contributed by atoms with Gasteiger partial charge in [0.2, 0.25) is 0 Å². The molecule has 84 valence electrons. The van der Waals surface area contributed by atoms with Crippen molar-refractivity contribution >= 4 is 0 Å². The number of halogens is 2. The number of hydrogen-bond acceptors (Lipinski definition) is 1. The lowest BCUT2D eigenvalue weighted by atomic mass is 10.1. The molecule has 15 heavy (non-hydrogen) atoms. The zero-order valence-corrected chi connectivity index (χ0v) is 9.19. The lowest BCUT2D eigenvalue weighted by Crippen LogP contribution is -2.27. The summed E-state index contributed by atoms with van der Waals surface area (Å²) in [5, 5.41) is 3.29. The summed E-state index contributed by atoms with van der Waals surface area (Å²) in [6.45, 7) is 4.79. The maximum absolute atomic E-state index is 12.9. The molecule has 0 saturated carbocycles. The van der Waals surface area contributed by atoms with E-state index in [4.69, 9.17) is 0 Å². The van der Waals surface area contributed by atoms with E-state index in [1.807, 2.05) is 0 Å². The largest absolute Gasteiger partial charge is 0.310 e. The molecule has 0 fully saturated rings. The van der Waals surface area contributed by atoms with Crippen molar-refractivity contribution in [1.82, 2.24) is 5.32 Å². The van der Waals surface area contributed by atoms with Crippen LogP contribution in [0.5, 0.6) is 0 Å². The Kier molecular flexibility index (Phi) is 4.69. The molecular weight excluding hydrogens is 196 g/mol. The standard InChI is InChI=1S/C12H17F2N/c1-3-10(4-2)15-8-9-5-6-11(13)12(14)7-9/h5-7,10,15H,3-4,8H2,1-2H3. The molecule has 1 aromatic carbocycles. The molecule has 0 radical (unpaired) electrons. The zero-order valence-electron chi connectivity index (χ0n) is 9.19. The van der Waals surface area contributed by atoms with Crippen molar-refractivity contribution < 1.29 is 8.78 Å². The van der Waals surface area contributed by atoms with Crippen molar-refractivity contribution in [2.75, 3.05) is 0 Å². The first kappa shape index (κ1) is 12.1. The van der Waals surface area contributed by atoms with E-state index in [-0.39, 0.29) is 0 Å². The predicted molar refractivity (Wildman–Crippen MR) is 57.6 cm³/mol. The van der Waals surface area contributed by atoms with Crippen molar-refractivity contribution in [3.05, 3.63) is 35.4 Å². The van der Waals surface area contributed by atoms with Crippen LogP contribution in [0.2, 0.25) is 0 Å². The van der Waals surface area contributed by atoms with Gasteiger partial charge >= 0.3 is 0 Å². The van der Waals surface area contributed by atoms with Crippen LogP contribution in [0.25, 0.3) is 0 Å². The number of nitrogens with one attached hydrogen (secondary N) is 1. The Morgan fingerprint density at radius 3 is 2.33 bits per heavy atom. The van der Waals surface area contributed by atoms with Crippen LogP contribution in [0, 0.1) is 11.6 Å². The molecule has 0 atom stereocenters. The van der Waals surface area contributed by atoms with E-state index in [0.29, 0.717) is 12.6 Å². The normalized spacial score (nSPS) is 11.0. The molecule has 0 saturated heterocycles. The summed E-state index contributed by atoms with van der Waals surface area (Å²) in [6, 6.07) is 4.45. The molecule has 1 rings (SSSR count). The van der Waals surface area contributed by atoms with Gasteiger partial charge in [0, 0.05) is 12.6 Å². The molecule has 0 amide bonds. The minimum Gasteiger partial charge on any atom is -0.310 e. The highest BCUT2D eigenvalue weighted by molar-refractivity contribution is 5.17. The minimum absolute atomic E-state index is 0.443. The van der Waals surface area contributed by atoms with Gasteiger partial charge in [-0.2, -0.15) is 0 Å². The van der Waals surface area contributed by atoms with Gasteiger partial charge in [0.1, 0.15) is 0 Å². The molecule has 0 aromatic heterocycles. The van der Waals surface area contributed by atoms with Gasteiger partial charge in [-0.05, 0) is 30.5 Å². The monoisotopic (exact) mass is 213 g/mol. The van der Waals surface area contributed by atoms with Gasteiger partial charge in [-0.25, -0.2) is 8.78 Å². The first-order chi connectivity index (χ1) is 7.17. The minimum atomic E-state index is -0.790. The van der Waals surface area contributed by atoms with Crippen molar-refractivity contribution in [3.63, 3.8) is 0 Å². The third-order valence-electron chi connectivity index (χ3n) is 2.56. The Bertz CT molecular complexity index is 308. The molecule has 0 spiro atoms. The van der Waals surface area contributed by atoms with Gasteiger partial charge < -0.3 is 5.32 Å². The SMILES string of the molecule is CCC(CC)NCc1ccc(F)c(F)c1. The Balaban J connectivity index is 2.54. The lowest BCUT2D eigenvalue weighted by Gasteiger charge is -2.14. The van der Waals surface area contributed by atoms with E-state index in [1.165, 1.54) is 12.1 Å². The van der Waals surface area contributed by atoms with Crippen molar-refractivity contribution in [2.45, 2.75) is 39.3 Å². The summed E-state index contributed by atoms with van der Waals surface area (Å²) in [7, 11) is 0. The maximum atomic E-state index is 12.9. The molecule has 1 aromatic rings. The number of benzene rings is 1. The highest BCUT2D eigenvalue weighted by Gasteiger charge is 2.05. The maximum Gasteiger partial charge on any atom is 0.159 e. The van der Waals surface area contributed by atoms with E-state index in [0.717, 1.165) is 18.4 Å². The molecule has 0 bridgehead atoms. The Hall–Kier alpha value is -0.960. The quantitative estimate of drug-likeness (QED) is 0.791. The van der Waals surface area contributed by atoms with E-state index in [9.17, 15) is 8.78 Å². The summed E-state index contributed by atoms with van der Waals surface area (Å²) < 4.78 is 25.5. The van der Waals surface area contributed by atoms with Crippen molar-refractivity contribution in [1.29, 1.82) is 0 Å². The first-order valence-corrected chi connectivity index (χ1v) is 5.34. The summed E-state index contributed by atoms with van der Waals surface area (Å²) in [6.07, 6.45) is 2.08. The second-order valence-electron chi connectivity index (χ2n) is 3.64. The fourth-order valence-electron chi connectivity index (χ4n) is 1.49. The molecular formula is C12H17F2N. The Morgan fingerprint density at radius 1 is 1.13 bits per heavy atom. The van der Waals surface area contributed by atoms with E-state index < -0.39 is 11.6 Å². The predicted octanol–water partition coefficient (Wildman–Crippen LogP) is 3.24. The highest BCUT2D eigenvalue weighted by atomic mass is 19.2. The van der Waals surface area contributed by atoms with Crippen LogP contribution in [-0.4, -0.2) is 6.04 Å². The van der Waals surface area contributed by atoms with E-state index in [2.05, 4.69) is 19.2 Å². The summed E-state index contributed by atoms with van der Waals surface area (Å²) in [5.74, 6) is -1.57. The van der Waals surface area contributed by atoms with Crippen molar-refractivity contribution in [3.8, 4) is 0 Å². The van der Waals surface area contributed by atoms with Crippen LogP contribution in [0.1, 0.15) is 32.3 Å². The van der Waals surface area contributed by atoms with Crippen LogP contribution >= 0.6 is 0 Å². The van der Waals surface area contributed by atoms with Crippen LogP contribution in [-0.2, 0) is 6.54 Å². The molecule has 3 heteroatoms. The highest BCUT2D eigenvalue weighted by Crippen LogP contribution is 2.09. The molecule has 0 aliphatic carbocycles. The third-order valence-corrected chi connectivity index (χ3v) is 2.56. The van der Waals surface area contributed by atoms with E-state index >= 15 is 0 Å². The third kappa shape index (κ3) is 3.59. The fourth-order valence-corrected chi connectivity index (χ4v) is 1.49. The molecule has 1 nitrogen and oxygen atoms in total. The Labute approximate surface area is 89.5 Å².